The molecule has 0 fully saturated rings. The molecule has 2 heterocycles. The molecule has 2 rings (SSSR count). The molecule has 5 nitrogen and oxygen atoms in total. The lowest BCUT2D eigenvalue weighted by Crippen LogP contribution is -2.05. The van der Waals surface area contributed by atoms with Crippen molar-refractivity contribution >= 4 is 17.4 Å². The number of H-pyrrole nitrogens is 1. The third-order valence-electron chi connectivity index (χ3n) is 2.25. The number of hydrogen-bond donors (Lipinski definition) is 2. The van der Waals surface area contributed by atoms with Crippen LogP contribution in [0.1, 0.15) is 18.2 Å². The first-order chi connectivity index (χ1) is 7.81. The molecule has 0 bridgehead atoms. The van der Waals surface area contributed by atoms with Crippen molar-refractivity contribution in [2.24, 2.45) is 0 Å². The number of nitrogens with one attached hydrogen (secondary N) is 2. The van der Waals surface area contributed by atoms with Gasteiger partial charge in [-0.3, -0.25) is 5.10 Å². The molecule has 0 aromatic carbocycles. The van der Waals surface area contributed by atoms with Crippen molar-refractivity contribution in [3.8, 4) is 0 Å². The Morgan fingerprint density at radius 2 is 2.31 bits per heavy atom. The van der Waals surface area contributed by atoms with Crippen LogP contribution in [0.25, 0.3) is 0 Å². The van der Waals surface area contributed by atoms with E-state index in [9.17, 15) is 0 Å². The number of anilines is 1. The van der Waals surface area contributed by atoms with Crippen molar-refractivity contribution in [1.82, 2.24) is 20.2 Å². The average Bonchev–Trinajstić information content (AvgIpc) is 2.79. The molecule has 6 heteroatoms. The lowest BCUT2D eigenvalue weighted by atomic mass is 10.2. The third kappa shape index (κ3) is 2.30. The van der Waals surface area contributed by atoms with Gasteiger partial charge in [0.1, 0.15) is 17.3 Å². The van der Waals surface area contributed by atoms with E-state index in [1.54, 1.807) is 6.20 Å². The van der Waals surface area contributed by atoms with Crippen LogP contribution >= 0.6 is 11.6 Å². The molecule has 2 aromatic rings. The molecule has 0 saturated heterocycles. The van der Waals surface area contributed by atoms with Crippen molar-refractivity contribution in [3.63, 3.8) is 0 Å². The minimum absolute atomic E-state index is 0.504. The highest BCUT2D eigenvalue weighted by Crippen LogP contribution is 2.20. The summed E-state index contributed by atoms with van der Waals surface area (Å²) in [5, 5.41) is 10.4. The average molecular weight is 238 g/mol. The van der Waals surface area contributed by atoms with Crippen molar-refractivity contribution in [3.05, 3.63) is 35.0 Å². The van der Waals surface area contributed by atoms with Crippen LogP contribution in [0.4, 0.5) is 5.82 Å². The molecule has 2 N–H and O–H groups in total. The Balaban J connectivity index is 2.12. The van der Waals surface area contributed by atoms with Gasteiger partial charge >= 0.3 is 0 Å². The van der Waals surface area contributed by atoms with Crippen molar-refractivity contribution in [2.75, 3.05) is 5.32 Å². The normalized spacial score (nSPS) is 10.4. The van der Waals surface area contributed by atoms with Gasteiger partial charge in [0.25, 0.3) is 0 Å². The smallest absolute Gasteiger partial charge is 0.137 e. The van der Waals surface area contributed by atoms with E-state index in [0.29, 0.717) is 11.7 Å². The third-order valence-corrected chi connectivity index (χ3v) is 2.58. The summed E-state index contributed by atoms with van der Waals surface area (Å²) in [5.41, 5.74) is 1.93. The maximum atomic E-state index is 5.98. The molecule has 0 spiro atoms. The maximum absolute atomic E-state index is 5.98. The van der Waals surface area contributed by atoms with E-state index >= 15 is 0 Å². The van der Waals surface area contributed by atoms with Gasteiger partial charge in [0.2, 0.25) is 0 Å². The molecule has 0 radical (unpaired) electrons. The number of rotatable bonds is 4. The molecule has 2 aromatic heterocycles. The molecule has 0 amide bonds. The summed E-state index contributed by atoms with van der Waals surface area (Å²) in [6, 6.07) is 1.90. The molecule has 0 aliphatic heterocycles. The number of hydrogen-bond acceptors (Lipinski definition) is 4. The molecule has 0 aliphatic carbocycles. The van der Waals surface area contributed by atoms with Gasteiger partial charge in [-0.05, 0) is 12.5 Å². The second-order valence-electron chi connectivity index (χ2n) is 3.28. The van der Waals surface area contributed by atoms with E-state index in [1.165, 1.54) is 6.33 Å². The Bertz CT molecular complexity index is 454. The fraction of sp³-hybridized carbons (Fsp3) is 0.300. The van der Waals surface area contributed by atoms with Crippen LogP contribution < -0.4 is 5.32 Å². The van der Waals surface area contributed by atoms with Crippen LogP contribution in [0.15, 0.2) is 18.6 Å². The first-order valence-electron chi connectivity index (χ1n) is 5.02. The predicted octanol–water partition coefficient (Wildman–Crippen LogP) is 2.03. The second-order valence-corrected chi connectivity index (χ2v) is 3.64. The fourth-order valence-electron chi connectivity index (χ4n) is 1.42. The van der Waals surface area contributed by atoms with Crippen LogP contribution in [0.5, 0.6) is 0 Å². The Labute approximate surface area is 98.3 Å². The molecule has 16 heavy (non-hydrogen) atoms. The molecular weight excluding hydrogens is 226 g/mol. The van der Waals surface area contributed by atoms with Crippen LogP contribution in [0, 0.1) is 0 Å². The van der Waals surface area contributed by atoms with Crippen LogP contribution in [-0.4, -0.2) is 20.2 Å². The summed E-state index contributed by atoms with van der Waals surface area (Å²) in [7, 11) is 0. The van der Waals surface area contributed by atoms with Gasteiger partial charge in [0.15, 0.2) is 0 Å². The Morgan fingerprint density at radius 1 is 1.44 bits per heavy atom. The van der Waals surface area contributed by atoms with Gasteiger partial charge < -0.3 is 5.32 Å². The highest BCUT2D eigenvalue weighted by molar-refractivity contribution is 6.30. The zero-order valence-electron chi connectivity index (χ0n) is 8.87. The minimum Gasteiger partial charge on any atom is -0.364 e. The summed E-state index contributed by atoms with van der Waals surface area (Å²) < 4.78 is 0. The Morgan fingerprint density at radius 3 is 3.00 bits per heavy atom. The molecular formula is C10H12ClN5. The minimum atomic E-state index is 0.504. The van der Waals surface area contributed by atoms with Crippen LogP contribution in [0.2, 0.25) is 5.15 Å². The summed E-state index contributed by atoms with van der Waals surface area (Å²) in [4.78, 5) is 8.12. The SMILES string of the molecule is CCc1c(Cl)ncnc1NCc1ccn[nH]1. The van der Waals surface area contributed by atoms with Gasteiger partial charge in [-0.15, -0.1) is 0 Å². The van der Waals surface area contributed by atoms with Gasteiger partial charge in [-0.1, -0.05) is 18.5 Å². The topological polar surface area (TPSA) is 66.5 Å². The van der Waals surface area contributed by atoms with Crippen molar-refractivity contribution in [2.45, 2.75) is 19.9 Å². The highest BCUT2D eigenvalue weighted by Gasteiger charge is 2.07. The zero-order valence-corrected chi connectivity index (χ0v) is 9.62. The number of halogens is 1. The second kappa shape index (κ2) is 4.94. The van der Waals surface area contributed by atoms with Gasteiger partial charge in [-0.2, -0.15) is 5.10 Å². The maximum Gasteiger partial charge on any atom is 0.137 e. The Kier molecular flexibility index (Phi) is 3.36. The number of aromatic nitrogens is 4. The quantitative estimate of drug-likeness (QED) is 0.799. The molecule has 0 aliphatic rings. The first-order valence-corrected chi connectivity index (χ1v) is 5.40. The zero-order chi connectivity index (χ0) is 11.4. The van der Waals surface area contributed by atoms with E-state index < -0.39 is 0 Å². The summed E-state index contributed by atoms with van der Waals surface area (Å²) in [5.74, 6) is 0.775. The van der Waals surface area contributed by atoms with E-state index in [-0.39, 0.29) is 0 Å². The largest absolute Gasteiger partial charge is 0.364 e. The molecule has 0 atom stereocenters. The Hall–Kier alpha value is -1.62. The highest BCUT2D eigenvalue weighted by atomic mass is 35.5. The predicted molar refractivity (Wildman–Crippen MR) is 62.3 cm³/mol. The van der Waals surface area contributed by atoms with Gasteiger partial charge in [0, 0.05) is 11.8 Å². The van der Waals surface area contributed by atoms with Crippen LogP contribution in [-0.2, 0) is 13.0 Å². The lowest BCUT2D eigenvalue weighted by molar-refractivity contribution is 0.957. The molecule has 84 valence electrons. The summed E-state index contributed by atoms with van der Waals surface area (Å²) >= 11 is 5.98. The van der Waals surface area contributed by atoms with Gasteiger partial charge in [-0.25, -0.2) is 9.97 Å². The van der Waals surface area contributed by atoms with Crippen molar-refractivity contribution in [1.29, 1.82) is 0 Å². The van der Waals surface area contributed by atoms with E-state index in [4.69, 9.17) is 11.6 Å². The molecule has 0 saturated carbocycles. The standard InChI is InChI=1S/C10H12ClN5/c1-2-8-9(11)13-6-14-10(8)12-5-7-3-4-15-16-7/h3-4,6H,2,5H2,1H3,(H,15,16)(H,12,13,14). The monoisotopic (exact) mass is 237 g/mol. The summed E-state index contributed by atoms with van der Waals surface area (Å²) in [6.07, 6.45) is 3.96. The lowest BCUT2D eigenvalue weighted by Gasteiger charge is -2.09. The first kappa shape index (κ1) is 10.9. The van der Waals surface area contributed by atoms with Gasteiger partial charge in [0.05, 0.1) is 12.2 Å². The summed E-state index contributed by atoms with van der Waals surface area (Å²) in [6.45, 7) is 2.66. The fourth-order valence-corrected chi connectivity index (χ4v) is 1.69. The molecule has 0 unspecified atom stereocenters. The van der Waals surface area contributed by atoms with E-state index in [0.717, 1.165) is 23.5 Å². The van der Waals surface area contributed by atoms with Crippen LogP contribution in [0.3, 0.4) is 0 Å². The number of nitrogens with zero attached hydrogens (tertiary/aromatic N) is 3. The van der Waals surface area contributed by atoms with E-state index in [2.05, 4.69) is 25.5 Å². The van der Waals surface area contributed by atoms with Crippen molar-refractivity contribution < 1.29 is 0 Å². The van der Waals surface area contributed by atoms with E-state index in [1.807, 2.05) is 13.0 Å². The number of aromatic amines is 1.